The normalized spacial score (nSPS) is 28.2. The summed E-state index contributed by atoms with van der Waals surface area (Å²) in [5.74, 6) is 1.41. The maximum Gasteiger partial charge on any atom is 0.414 e. The zero-order valence-electron chi connectivity index (χ0n) is 15.2. The van der Waals surface area contributed by atoms with Crippen LogP contribution in [0.5, 0.6) is 5.75 Å². The summed E-state index contributed by atoms with van der Waals surface area (Å²) < 4.78 is 5.43. The van der Waals surface area contributed by atoms with E-state index >= 15 is 0 Å². The molecule has 0 aliphatic carbocycles. The van der Waals surface area contributed by atoms with Gasteiger partial charge in [-0.3, -0.25) is 4.90 Å². The minimum atomic E-state index is -0.334. The molecule has 132 valence electrons. The van der Waals surface area contributed by atoms with Gasteiger partial charge in [0.15, 0.2) is 0 Å². The molecule has 2 aliphatic rings. The summed E-state index contributed by atoms with van der Waals surface area (Å²) >= 11 is 0. The molecular weight excluding hydrogens is 302 g/mol. The van der Waals surface area contributed by atoms with Gasteiger partial charge in [0.2, 0.25) is 0 Å². The van der Waals surface area contributed by atoms with Crippen LogP contribution >= 0.6 is 0 Å². The molecule has 2 aliphatic heterocycles. The molecule has 0 bridgehead atoms. The third kappa shape index (κ3) is 3.57. The number of nitrogens with zero attached hydrogens (tertiary/aromatic N) is 3. The summed E-state index contributed by atoms with van der Waals surface area (Å²) in [6.07, 6.45) is 3.34. The molecule has 2 fully saturated rings. The summed E-state index contributed by atoms with van der Waals surface area (Å²) in [5.41, 5.74) is 1.25. The number of benzene rings is 1. The van der Waals surface area contributed by atoms with Crippen molar-refractivity contribution in [3.63, 3.8) is 0 Å². The number of likely N-dealkylation sites (tertiary alicyclic amines) is 2. The molecule has 0 aromatic heterocycles. The van der Waals surface area contributed by atoms with Gasteiger partial charge in [-0.15, -0.1) is 0 Å². The highest BCUT2D eigenvalue weighted by molar-refractivity contribution is 5.70. The highest BCUT2D eigenvalue weighted by atomic mass is 16.6. The van der Waals surface area contributed by atoms with Crippen LogP contribution in [0.25, 0.3) is 0 Å². The molecule has 5 nitrogen and oxygen atoms in total. The molecule has 2 heterocycles. The lowest BCUT2D eigenvalue weighted by Crippen LogP contribution is -2.52. The molecule has 0 radical (unpaired) electrons. The van der Waals surface area contributed by atoms with Gasteiger partial charge in [-0.1, -0.05) is 12.1 Å². The molecule has 3 rings (SSSR count). The fourth-order valence-electron chi connectivity index (χ4n) is 4.21. The van der Waals surface area contributed by atoms with Crippen molar-refractivity contribution in [1.29, 1.82) is 0 Å². The van der Waals surface area contributed by atoms with Crippen molar-refractivity contribution >= 4 is 6.09 Å². The van der Waals surface area contributed by atoms with Crippen LogP contribution in [0.15, 0.2) is 24.3 Å². The predicted octanol–water partition coefficient (Wildman–Crippen LogP) is 2.83. The number of carbonyl (C=O) groups is 1. The quantitative estimate of drug-likeness (QED) is 0.835. The molecule has 1 amide bonds. The number of hydrogen-bond acceptors (Lipinski definition) is 4. The highest BCUT2D eigenvalue weighted by Crippen LogP contribution is 2.40. The Balaban J connectivity index is 1.73. The minimum absolute atomic E-state index is 0.334. The highest BCUT2D eigenvalue weighted by Gasteiger charge is 2.38. The molecule has 1 aromatic rings. The second-order valence-electron chi connectivity index (χ2n) is 7.47. The van der Waals surface area contributed by atoms with E-state index in [0.717, 1.165) is 12.3 Å². The Morgan fingerprint density at radius 2 is 2.00 bits per heavy atom. The summed E-state index contributed by atoms with van der Waals surface area (Å²) in [6, 6.07) is 9.09. The molecular formula is C19H29N3O2. The number of rotatable bonds is 2. The molecule has 24 heavy (non-hydrogen) atoms. The van der Waals surface area contributed by atoms with Crippen LogP contribution in [-0.4, -0.2) is 68.1 Å². The van der Waals surface area contributed by atoms with Gasteiger partial charge in [-0.05, 0) is 63.5 Å². The number of ether oxygens (including phenoxy) is 1. The van der Waals surface area contributed by atoms with E-state index in [1.54, 1.807) is 14.1 Å². The SMILES string of the molecule is CN1CC[C@@H]2[C@@H](CC[C@@H](c3cccc(OC(=O)N(C)C)c3)N2C)C1. The van der Waals surface area contributed by atoms with Crippen LogP contribution in [-0.2, 0) is 0 Å². The fraction of sp³-hybridized carbons (Fsp3) is 0.632. The molecule has 2 saturated heterocycles. The van der Waals surface area contributed by atoms with E-state index in [4.69, 9.17) is 4.74 Å². The van der Waals surface area contributed by atoms with Gasteiger partial charge in [-0.25, -0.2) is 4.79 Å². The van der Waals surface area contributed by atoms with E-state index in [-0.39, 0.29) is 6.09 Å². The van der Waals surface area contributed by atoms with Crippen LogP contribution in [0, 0.1) is 5.92 Å². The second kappa shape index (κ2) is 7.11. The lowest BCUT2D eigenvalue weighted by atomic mass is 9.80. The van der Waals surface area contributed by atoms with Crippen molar-refractivity contribution in [2.24, 2.45) is 5.92 Å². The van der Waals surface area contributed by atoms with Crippen LogP contribution in [0.4, 0.5) is 4.79 Å². The van der Waals surface area contributed by atoms with Crippen LogP contribution in [0.3, 0.4) is 0 Å². The Hall–Kier alpha value is -1.59. The monoisotopic (exact) mass is 331 g/mol. The minimum Gasteiger partial charge on any atom is -0.410 e. The van der Waals surface area contributed by atoms with Crippen molar-refractivity contribution in [2.45, 2.75) is 31.3 Å². The number of fused-ring (bicyclic) bond motifs is 1. The molecule has 0 saturated carbocycles. The molecule has 3 atom stereocenters. The zero-order chi connectivity index (χ0) is 17.3. The Morgan fingerprint density at radius 1 is 1.21 bits per heavy atom. The van der Waals surface area contributed by atoms with E-state index in [0.29, 0.717) is 17.8 Å². The Morgan fingerprint density at radius 3 is 2.75 bits per heavy atom. The lowest BCUT2D eigenvalue weighted by molar-refractivity contribution is 0.0119. The molecule has 0 N–H and O–H groups in total. The number of amides is 1. The Labute approximate surface area is 145 Å². The first kappa shape index (κ1) is 17.2. The third-order valence-corrected chi connectivity index (χ3v) is 5.54. The summed E-state index contributed by atoms with van der Waals surface area (Å²) in [7, 11) is 7.87. The van der Waals surface area contributed by atoms with Crippen molar-refractivity contribution < 1.29 is 9.53 Å². The van der Waals surface area contributed by atoms with Gasteiger partial charge in [0.05, 0.1) is 0 Å². The number of piperidine rings is 2. The maximum atomic E-state index is 11.8. The Bertz CT molecular complexity index is 590. The van der Waals surface area contributed by atoms with Crippen molar-refractivity contribution in [1.82, 2.24) is 14.7 Å². The average molecular weight is 331 g/mol. The lowest BCUT2D eigenvalue weighted by Gasteiger charge is -2.49. The summed E-state index contributed by atoms with van der Waals surface area (Å²) in [5, 5.41) is 0. The first-order valence-corrected chi connectivity index (χ1v) is 8.85. The van der Waals surface area contributed by atoms with Crippen LogP contribution in [0.1, 0.15) is 30.9 Å². The predicted molar refractivity (Wildman–Crippen MR) is 95.3 cm³/mol. The first-order chi connectivity index (χ1) is 11.5. The average Bonchev–Trinajstić information content (AvgIpc) is 2.55. The van der Waals surface area contributed by atoms with Gasteiger partial charge in [0.1, 0.15) is 5.75 Å². The van der Waals surface area contributed by atoms with E-state index < -0.39 is 0 Å². The van der Waals surface area contributed by atoms with Crippen LogP contribution in [0.2, 0.25) is 0 Å². The first-order valence-electron chi connectivity index (χ1n) is 8.85. The third-order valence-electron chi connectivity index (χ3n) is 5.54. The van der Waals surface area contributed by atoms with Gasteiger partial charge in [0.25, 0.3) is 0 Å². The molecule has 1 aromatic carbocycles. The van der Waals surface area contributed by atoms with Gasteiger partial charge < -0.3 is 14.5 Å². The number of hydrogen-bond donors (Lipinski definition) is 0. The smallest absolute Gasteiger partial charge is 0.410 e. The van der Waals surface area contributed by atoms with E-state index in [2.05, 4.69) is 30.0 Å². The van der Waals surface area contributed by atoms with E-state index in [9.17, 15) is 4.79 Å². The molecule has 5 heteroatoms. The van der Waals surface area contributed by atoms with Gasteiger partial charge in [0, 0.05) is 32.7 Å². The fourth-order valence-corrected chi connectivity index (χ4v) is 4.21. The van der Waals surface area contributed by atoms with Crippen molar-refractivity contribution in [2.75, 3.05) is 41.3 Å². The van der Waals surface area contributed by atoms with Crippen molar-refractivity contribution in [3.05, 3.63) is 29.8 Å². The zero-order valence-corrected chi connectivity index (χ0v) is 15.2. The van der Waals surface area contributed by atoms with Gasteiger partial charge in [-0.2, -0.15) is 0 Å². The summed E-state index contributed by atoms with van der Waals surface area (Å²) in [6.45, 7) is 2.39. The topological polar surface area (TPSA) is 36.0 Å². The van der Waals surface area contributed by atoms with E-state index in [1.807, 2.05) is 18.2 Å². The molecule has 0 unspecified atom stereocenters. The Kier molecular flexibility index (Phi) is 5.11. The van der Waals surface area contributed by atoms with Gasteiger partial charge >= 0.3 is 6.09 Å². The maximum absolute atomic E-state index is 11.8. The van der Waals surface area contributed by atoms with E-state index in [1.165, 1.54) is 36.4 Å². The standard InChI is InChI=1S/C19H29N3O2/c1-20(2)19(23)24-16-7-5-6-14(12-16)17-9-8-15-13-21(3)11-10-18(15)22(17)4/h5-7,12,15,17-18H,8-11,13H2,1-4H3/t15-,17-,18+/m0/s1. The number of carbonyl (C=O) groups excluding carboxylic acids is 1. The van der Waals surface area contributed by atoms with Crippen LogP contribution < -0.4 is 4.74 Å². The second-order valence-corrected chi connectivity index (χ2v) is 7.47. The largest absolute Gasteiger partial charge is 0.414 e. The van der Waals surface area contributed by atoms with Crippen molar-refractivity contribution in [3.8, 4) is 5.75 Å². The molecule has 0 spiro atoms. The summed E-state index contributed by atoms with van der Waals surface area (Å²) in [4.78, 5) is 18.2.